The molecule has 2 aliphatic rings. The van der Waals surface area contributed by atoms with Crippen LogP contribution in [0.25, 0.3) is 0 Å². The fourth-order valence-electron chi connectivity index (χ4n) is 4.12. The first-order chi connectivity index (χ1) is 15.5. The molecule has 2 fully saturated rings. The second kappa shape index (κ2) is 9.94. The maximum Gasteiger partial charge on any atom is 0.322 e. The predicted octanol–water partition coefficient (Wildman–Crippen LogP) is 4.61. The van der Waals surface area contributed by atoms with E-state index in [2.05, 4.69) is 5.32 Å². The van der Waals surface area contributed by atoms with E-state index in [1.807, 2.05) is 9.80 Å². The lowest BCUT2D eigenvalue weighted by Gasteiger charge is -2.23. The van der Waals surface area contributed by atoms with E-state index in [0.717, 1.165) is 44.3 Å². The lowest BCUT2D eigenvalue weighted by molar-refractivity contribution is 0.0761. The Morgan fingerprint density at radius 3 is 2.38 bits per heavy atom. The summed E-state index contributed by atoms with van der Waals surface area (Å²) in [4.78, 5) is 29.5. The number of nitrogens with zero attached hydrogens (tertiary/aromatic N) is 2. The molecule has 7 nitrogen and oxygen atoms in total. The van der Waals surface area contributed by atoms with Gasteiger partial charge in [-0.05, 0) is 67.6 Å². The van der Waals surface area contributed by atoms with Gasteiger partial charge in [-0.15, -0.1) is 0 Å². The zero-order valence-corrected chi connectivity index (χ0v) is 18.5. The van der Waals surface area contributed by atoms with Crippen LogP contribution in [0, 0.1) is 0 Å². The number of urea groups is 1. The molecule has 1 aliphatic carbocycles. The van der Waals surface area contributed by atoms with E-state index in [0.29, 0.717) is 23.5 Å². The number of phenolic OH excluding ortho intramolecular Hbond substituents is 1. The van der Waals surface area contributed by atoms with Gasteiger partial charge >= 0.3 is 6.03 Å². The zero-order chi connectivity index (χ0) is 22.5. The molecule has 32 heavy (non-hydrogen) atoms. The van der Waals surface area contributed by atoms with Gasteiger partial charge in [-0.1, -0.05) is 18.9 Å². The zero-order valence-electron chi connectivity index (χ0n) is 18.5. The van der Waals surface area contributed by atoms with E-state index < -0.39 is 0 Å². The van der Waals surface area contributed by atoms with E-state index in [-0.39, 0.29) is 23.7 Å². The monoisotopic (exact) mass is 437 g/mol. The third-order valence-electron chi connectivity index (χ3n) is 6.12. The summed E-state index contributed by atoms with van der Waals surface area (Å²) >= 11 is 0. The van der Waals surface area contributed by atoms with Gasteiger partial charge in [-0.2, -0.15) is 0 Å². The molecule has 2 N–H and O–H groups in total. The number of ether oxygens (including phenoxy) is 1. The number of aromatic hydroxyl groups is 1. The van der Waals surface area contributed by atoms with Crippen LogP contribution in [0.3, 0.4) is 0 Å². The van der Waals surface area contributed by atoms with Crippen LogP contribution in [-0.2, 0) is 6.54 Å². The summed E-state index contributed by atoms with van der Waals surface area (Å²) in [5.74, 6) is 0.530. The number of hydrogen-bond donors (Lipinski definition) is 2. The molecule has 0 spiro atoms. The fraction of sp³-hybridized carbons (Fsp3) is 0.440. The summed E-state index contributed by atoms with van der Waals surface area (Å²) in [5, 5.41) is 12.8. The molecule has 170 valence electrons. The van der Waals surface area contributed by atoms with Crippen molar-refractivity contribution < 1.29 is 19.4 Å². The van der Waals surface area contributed by atoms with Gasteiger partial charge in [0.1, 0.15) is 0 Å². The molecule has 1 saturated carbocycles. The highest BCUT2D eigenvalue weighted by Crippen LogP contribution is 2.31. The molecule has 4 rings (SSSR count). The van der Waals surface area contributed by atoms with E-state index in [1.165, 1.54) is 20.0 Å². The Morgan fingerprint density at radius 1 is 1.06 bits per heavy atom. The van der Waals surface area contributed by atoms with E-state index in [9.17, 15) is 14.7 Å². The number of phenols is 1. The van der Waals surface area contributed by atoms with Crippen LogP contribution < -0.4 is 10.1 Å². The minimum atomic E-state index is -0.175. The molecule has 1 aliphatic heterocycles. The number of methoxy groups -OCH3 is 1. The Bertz CT molecular complexity index is 948. The largest absolute Gasteiger partial charge is 0.504 e. The Morgan fingerprint density at radius 2 is 1.75 bits per heavy atom. The van der Waals surface area contributed by atoms with E-state index >= 15 is 0 Å². The van der Waals surface area contributed by atoms with Gasteiger partial charge in [-0.3, -0.25) is 4.79 Å². The Kier molecular flexibility index (Phi) is 6.83. The molecule has 7 heteroatoms. The highest BCUT2D eigenvalue weighted by atomic mass is 16.5. The van der Waals surface area contributed by atoms with Gasteiger partial charge in [0.2, 0.25) is 0 Å². The van der Waals surface area contributed by atoms with Gasteiger partial charge in [-0.25, -0.2) is 4.79 Å². The van der Waals surface area contributed by atoms with Crippen LogP contribution in [0.15, 0.2) is 42.5 Å². The topological polar surface area (TPSA) is 82.1 Å². The Labute approximate surface area is 189 Å². The maximum absolute atomic E-state index is 13.0. The molecular weight excluding hydrogens is 406 g/mol. The summed E-state index contributed by atoms with van der Waals surface area (Å²) in [6, 6.07) is 12.3. The van der Waals surface area contributed by atoms with Crippen LogP contribution in [0.5, 0.6) is 11.5 Å². The van der Waals surface area contributed by atoms with Gasteiger partial charge in [0.05, 0.1) is 7.11 Å². The van der Waals surface area contributed by atoms with Crippen molar-refractivity contribution in [3.8, 4) is 11.5 Å². The number of amides is 3. The minimum Gasteiger partial charge on any atom is -0.504 e. The lowest BCUT2D eigenvalue weighted by atomic mass is 10.1. The second-order valence-electron chi connectivity index (χ2n) is 8.58. The molecular formula is C25H31N3O4. The molecule has 0 aromatic heterocycles. The first kappa shape index (κ1) is 22.0. The smallest absolute Gasteiger partial charge is 0.322 e. The van der Waals surface area contributed by atoms with Crippen LogP contribution in [-0.4, -0.2) is 53.1 Å². The Hall–Kier alpha value is -3.22. The number of nitrogens with one attached hydrogen (secondary N) is 1. The molecule has 2 aromatic rings. The van der Waals surface area contributed by atoms with Gasteiger partial charge in [0.25, 0.3) is 5.91 Å². The summed E-state index contributed by atoms with van der Waals surface area (Å²) in [6.45, 7) is 2.06. The van der Waals surface area contributed by atoms with Crippen molar-refractivity contribution in [3.05, 3.63) is 53.6 Å². The number of likely N-dealkylation sites (tertiary alicyclic amines) is 1. The number of carbonyl (C=O) groups excluding carboxylic acids is 2. The molecule has 2 aromatic carbocycles. The maximum atomic E-state index is 13.0. The lowest BCUT2D eigenvalue weighted by Crippen LogP contribution is -2.36. The number of carbonyl (C=O) groups is 2. The number of anilines is 1. The number of benzene rings is 2. The third-order valence-corrected chi connectivity index (χ3v) is 6.12. The van der Waals surface area contributed by atoms with E-state index in [4.69, 9.17) is 4.74 Å². The van der Waals surface area contributed by atoms with Crippen molar-refractivity contribution in [2.45, 2.75) is 51.1 Å². The van der Waals surface area contributed by atoms with Crippen molar-refractivity contribution in [1.82, 2.24) is 9.80 Å². The van der Waals surface area contributed by atoms with Crippen LogP contribution >= 0.6 is 0 Å². The average Bonchev–Trinajstić information content (AvgIpc) is 3.66. The van der Waals surface area contributed by atoms with Crippen molar-refractivity contribution in [1.29, 1.82) is 0 Å². The summed E-state index contributed by atoms with van der Waals surface area (Å²) in [6.07, 6.45) is 6.44. The standard InChI is InChI=1S/C25H31N3O4/c1-32-23-16-18(6-13-22(23)29)17-28(21-11-12-21)25(31)26-20-9-7-19(8-10-20)24(30)27-14-4-2-3-5-15-27/h6-10,13,16,21,29H,2-5,11-12,14-15,17H2,1H3,(H,26,31). The molecule has 0 radical (unpaired) electrons. The predicted molar refractivity (Wildman–Crippen MR) is 123 cm³/mol. The fourth-order valence-corrected chi connectivity index (χ4v) is 4.12. The first-order valence-electron chi connectivity index (χ1n) is 11.4. The molecule has 0 bridgehead atoms. The van der Waals surface area contributed by atoms with Crippen molar-refractivity contribution in [2.24, 2.45) is 0 Å². The molecule has 0 atom stereocenters. The summed E-state index contributed by atoms with van der Waals surface area (Å²) < 4.78 is 5.18. The van der Waals surface area contributed by atoms with Crippen molar-refractivity contribution in [2.75, 3.05) is 25.5 Å². The van der Waals surface area contributed by atoms with Crippen molar-refractivity contribution in [3.63, 3.8) is 0 Å². The minimum absolute atomic E-state index is 0.0608. The molecule has 1 heterocycles. The summed E-state index contributed by atoms with van der Waals surface area (Å²) in [7, 11) is 1.51. The van der Waals surface area contributed by atoms with Crippen LogP contribution in [0.4, 0.5) is 10.5 Å². The normalized spacial score (nSPS) is 16.2. The van der Waals surface area contributed by atoms with E-state index in [1.54, 1.807) is 42.5 Å². The molecule has 3 amide bonds. The van der Waals surface area contributed by atoms with Crippen LogP contribution in [0.2, 0.25) is 0 Å². The highest BCUT2D eigenvalue weighted by molar-refractivity contribution is 5.95. The molecule has 0 unspecified atom stereocenters. The van der Waals surface area contributed by atoms with Gasteiger partial charge < -0.3 is 25.0 Å². The summed E-state index contributed by atoms with van der Waals surface area (Å²) in [5.41, 5.74) is 2.21. The number of hydrogen-bond acceptors (Lipinski definition) is 4. The number of rotatable bonds is 6. The third kappa shape index (κ3) is 5.33. The quantitative estimate of drug-likeness (QED) is 0.691. The second-order valence-corrected chi connectivity index (χ2v) is 8.58. The highest BCUT2D eigenvalue weighted by Gasteiger charge is 2.33. The van der Waals surface area contributed by atoms with Gasteiger partial charge in [0, 0.05) is 36.9 Å². The SMILES string of the molecule is COc1cc(CN(C(=O)Nc2ccc(C(=O)N3CCCCCC3)cc2)C2CC2)ccc1O. The first-order valence-corrected chi connectivity index (χ1v) is 11.4. The molecule has 1 saturated heterocycles. The van der Waals surface area contributed by atoms with Gasteiger partial charge in [0.15, 0.2) is 11.5 Å². The Balaban J connectivity index is 1.40. The van der Waals surface area contributed by atoms with Crippen LogP contribution in [0.1, 0.15) is 54.4 Å². The van der Waals surface area contributed by atoms with Crippen molar-refractivity contribution >= 4 is 17.6 Å². The average molecular weight is 438 g/mol.